The number of aromatic hydroxyl groups is 1. The summed E-state index contributed by atoms with van der Waals surface area (Å²) in [6, 6.07) is 22.5. The highest BCUT2D eigenvalue weighted by Crippen LogP contribution is 2.20. The molecule has 0 fully saturated rings. The largest absolute Gasteiger partial charge is 0.508 e. The number of likely N-dealkylation sites (N-methyl/N-ethyl adjacent to an activating group) is 1. The summed E-state index contributed by atoms with van der Waals surface area (Å²) in [5, 5.41) is 14.8. The van der Waals surface area contributed by atoms with Crippen LogP contribution in [0.3, 0.4) is 0 Å². The molecule has 0 unspecified atom stereocenters. The van der Waals surface area contributed by atoms with Gasteiger partial charge in [0.05, 0.1) is 12.6 Å². The minimum Gasteiger partial charge on any atom is -0.508 e. The second-order valence-corrected chi connectivity index (χ2v) is 10.2. The van der Waals surface area contributed by atoms with Crippen LogP contribution in [0.25, 0.3) is 11.1 Å². The number of benzene rings is 3. The number of carbonyl (C=O) groups is 3. The average Bonchev–Trinajstić information content (AvgIpc) is 3.01. The van der Waals surface area contributed by atoms with Crippen LogP contribution in [0.5, 0.6) is 5.75 Å². The number of amides is 3. The molecule has 0 radical (unpaired) electrons. The normalized spacial score (nSPS) is 12.0. The number of aliphatic imine (C=N–C) groups is 1. The minimum atomic E-state index is -0.944. The van der Waals surface area contributed by atoms with Crippen molar-refractivity contribution in [3.8, 4) is 16.9 Å². The molecule has 3 aromatic rings. The Labute approximate surface area is 252 Å². The van der Waals surface area contributed by atoms with Crippen LogP contribution in [0.4, 0.5) is 0 Å². The zero-order valence-corrected chi connectivity index (χ0v) is 24.4. The number of rotatable bonds is 15. The summed E-state index contributed by atoms with van der Waals surface area (Å²) in [5.41, 5.74) is 20.8. The third-order valence-corrected chi connectivity index (χ3v) is 6.89. The maximum absolute atomic E-state index is 13.1. The van der Waals surface area contributed by atoms with Gasteiger partial charge in [-0.25, -0.2) is 0 Å². The molecule has 2 atom stereocenters. The van der Waals surface area contributed by atoms with E-state index < -0.39 is 23.9 Å². The first-order valence-corrected chi connectivity index (χ1v) is 14.2. The smallest absolute Gasteiger partial charge is 0.243 e. The number of nitrogens with one attached hydrogen (secondary N) is 2. The molecule has 0 aromatic heterocycles. The predicted octanol–water partition coefficient (Wildman–Crippen LogP) is 1.63. The molecule has 0 aliphatic rings. The first-order chi connectivity index (χ1) is 20.7. The maximum Gasteiger partial charge on any atom is 0.243 e. The van der Waals surface area contributed by atoms with Crippen molar-refractivity contribution in [3.63, 3.8) is 0 Å². The van der Waals surface area contributed by atoms with Crippen LogP contribution in [0.15, 0.2) is 83.9 Å². The number of guanidine groups is 1. The summed E-state index contributed by atoms with van der Waals surface area (Å²) in [6.07, 6.45) is 0.863. The van der Waals surface area contributed by atoms with Crippen LogP contribution in [-0.4, -0.2) is 65.4 Å². The van der Waals surface area contributed by atoms with Crippen molar-refractivity contribution < 1.29 is 19.5 Å². The van der Waals surface area contributed by atoms with Gasteiger partial charge in [-0.2, -0.15) is 0 Å². The Morgan fingerprint density at radius 2 is 1.51 bits per heavy atom. The lowest BCUT2D eigenvalue weighted by Gasteiger charge is -2.23. The Bertz CT molecular complexity index is 1360. The van der Waals surface area contributed by atoms with E-state index in [4.69, 9.17) is 17.2 Å². The fourth-order valence-electron chi connectivity index (χ4n) is 4.46. The van der Waals surface area contributed by atoms with Gasteiger partial charge in [0.2, 0.25) is 17.7 Å². The summed E-state index contributed by atoms with van der Waals surface area (Å²) in [4.78, 5) is 44.6. The van der Waals surface area contributed by atoms with Crippen molar-refractivity contribution in [1.82, 2.24) is 15.5 Å². The van der Waals surface area contributed by atoms with Gasteiger partial charge >= 0.3 is 0 Å². The molecule has 0 heterocycles. The van der Waals surface area contributed by atoms with Gasteiger partial charge in [0.15, 0.2) is 5.96 Å². The second-order valence-electron chi connectivity index (χ2n) is 10.2. The topological polar surface area (TPSA) is 189 Å². The van der Waals surface area contributed by atoms with Crippen molar-refractivity contribution in [2.24, 2.45) is 22.2 Å². The van der Waals surface area contributed by atoms with E-state index in [9.17, 15) is 19.5 Å². The summed E-state index contributed by atoms with van der Waals surface area (Å²) in [5.74, 6) is -1.24. The van der Waals surface area contributed by atoms with Crippen molar-refractivity contribution in [3.05, 3.63) is 90.0 Å². The van der Waals surface area contributed by atoms with Crippen LogP contribution in [0.2, 0.25) is 0 Å². The SMILES string of the molecule is CCN(Cc1ccc(-c2ccccc2)cc1)C(=O)CNC(=O)[C@@H](CCCN=C(N)N)NC(=O)[C@@H](N)Cc1ccc(O)cc1. The first-order valence-electron chi connectivity index (χ1n) is 14.2. The van der Waals surface area contributed by atoms with Crippen molar-refractivity contribution in [2.45, 2.75) is 44.8 Å². The van der Waals surface area contributed by atoms with Crippen LogP contribution in [0, 0.1) is 0 Å². The third kappa shape index (κ3) is 10.8. The van der Waals surface area contributed by atoms with Gasteiger partial charge in [-0.05, 0) is 60.6 Å². The lowest BCUT2D eigenvalue weighted by molar-refractivity contribution is -0.134. The first kappa shape index (κ1) is 32.6. The van der Waals surface area contributed by atoms with Gasteiger partial charge < -0.3 is 37.8 Å². The number of carbonyl (C=O) groups excluding carboxylic acids is 3. The fraction of sp³-hybridized carbons (Fsp3) is 0.312. The molecule has 0 bridgehead atoms. The highest BCUT2D eigenvalue weighted by molar-refractivity contribution is 5.92. The highest BCUT2D eigenvalue weighted by Gasteiger charge is 2.25. The minimum absolute atomic E-state index is 0.0686. The number of nitrogens with zero attached hydrogens (tertiary/aromatic N) is 2. The van der Waals surface area contributed by atoms with E-state index in [1.54, 1.807) is 17.0 Å². The molecule has 3 aromatic carbocycles. The molecule has 0 saturated heterocycles. The summed E-state index contributed by atoms with van der Waals surface area (Å²) >= 11 is 0. The van der Waals surface area contributed by atoms with Crippen LogP contribution in [0.1, 0.15) is 30.9 Å². The molecule has 228 valence electrons. The molecule has 9 N–H and O–H groups in total. The maximum atomic E-state index is 13.1. The molecule has 0 spiro atoms. The Morgan fingerprint density at radius 3 is 2.14 bits per heavy atom. The second kappa shape index (κ2) is 16.5. The van der Waals surface area contributed by atoms with Gasteiger partial charge in [0, 0.05) is 19.6 Å². The highest BCUT2D eigenvalue weighted by atomic mass is 16.3. The average molecular weight is 588 g/mol. The van der Waals surface area contributed by atoms with Crippen molar-refractivity contribution in [1.29, 1.82) is 0 Å². The van der Waals surface area contributed by atoms with Gasteiger partial charge in [0.25, 0.3) is 0 Å². The summed E-state index contributed by atoms with van der Waals surface area (Å²) in [6.45, 7) is 2.77. The van der Waals surface area contributed by atoms with E-state index in [1.165, 1.54) is 12.1 Å². The monoisotopic (exact) mass is 587 g/mol. The Morgan fingerprint density at radius 1 is 0.884 bits per heavy atom. The van der Waals surface area contributed by atoms with E-state index in [0.717, 1.165) is 22.3 Å². The Hall–Kier alpha value is -4.90. The van der Waals surface area contributed by atoms with Gasteiger partial charge in [-0.3, -0.25) is 19.4 Å². The summed E-state index contributed by atoms with van der Waals surface area (Å²) < 4.78 is 0. The molecule has 3 rings (SSSR count). The van der Waals surface area contributed by atoms with E-state index in [2.05, 4.69) is 15.6 Å². The third-order valence-electron chi connectivity index (χ3n) is 6.89. The molecule has 0 saturated carbocycles. The van der Waals surface area contributed by atoms with Crippen molar-refractivity contribution >= 4 is 23.7 Å². The number of phenols is 1. The van der Waals surface area contributed by atoms with Gasteiger partial charge in [-0.15, -0.1) is 0 Å². The number of phenolic OH excluding ortho intramolecular Hbond substituents is 1. The van der Waals surface area contributed by atoms with E-state index in [0.29, 0.717) is 19.5 Å². The summed E-state index contributed by atoms with van der Waals surface area (Å²) in [7, 11) is 0. The van der Waals surface area contributed by atoms with Gasteiger partial charge in [0.1, 0.15) is 11.8 Å². The molecule has 0 aliphatic carbocycles. The van der Waals surface area contributed by atoms with Crippen LogP contribution < -0.4 is 27.8 Å². The number of hydrogen-bond donors (Lipinski definition) is 6. The standard InChI is InChI=1S/C32H41N7O4/c1-2-39(21-23-10-14-25(15-11-23)24-7-4-3-5-8-24)29(41)20-37-31(43)28(9-6-18-36-32(34)35)38-30(42)27(33)19-22-12-16-26(40)17-13-22/h3-5,7-8,10-17,27-28,40H,2,6,9,18-21,33H2,1H3,(H,37,43)(H,38,42)(H4,34,35,36)/t27-,28+/m0/s1. The Kier molecular flexibility index (Phi) is 12.5. The molecule has 11 heteroatoms. The lowest BCUT2D eigenvalue weighted by atomic mass is 10.0. The molecule has 43 heavy (non-hydrogen) atoms. The predicted molar refractivity (Wildman–Crippen MR) is 168 cm³/mol. The fourth-order valence-corrected chi connectivity index (χ4v) is 4.46. The van der Waals surface area contributed by atoms with Crippen molar-refractivity contribution in [2.75, 3.05) is 19.6 Å². The zero-order valence-electron chi connectivity index (χ0n) is 24.4. The molecule has 0 aliphatic heterocycles. The number of nitrogens with two attached hydrogens (primary N) is 3. The molecule has 11 nitrogen and oxygen atoms in total. The molecule has 3 amide bonds. The van der Waals surface area contributed by atoms with Crippen LogP contribution >= 0.6 is 0 Å². The quantitative estimate of drug-likeness (QED) is 0.0885. The van der Waals surface area contributed by atoms with E-state index >= 15 is 0 Å². The Balaban J connectivity index is 1.58. The molecular weight excluding hydrogens is 546 g/mol. The van der Waals surface area contributed by atoms with E-state index in [-0.39, 0.29) is 43.5 Å². The van der Waals surface area contributed by atoms with Crippen LogP contribution in [-0.2, 0) is 27.3 Å². The number of hydrogen-bond acceptors (Lipinski definition) is 6. The van der Waals surface area contributed by atoms with E-state index in [1.807, 2.05) is 61.5 Å². The van der Waals surface area contributed by atoms with Gasteiger partial charge in [-0.1, -0.05) is 66.7 Å². The lowest BCUT2D eigenvalue weighted by Crippen LogP contribution is -2.53. The molecular formula is C32H41N7O4. The zero-order chi connectivity index (χ0) is 31.2.